The summed E-state index contributed by atoms with van der Waals surface area (Å²) in [7, 11) is 0. The van der Waals surface area contributed by atoms with E-state index in [1.54, 1.807) is 0 Å². The molecule has 101 heavy (non-hydrogen) atoms. The lowest BCUT2D eigenvalue weighted by Crippen LogP contribution is -2.61. The molecular weight excluding hydrogens is 1230 g/mol. The summed E-state index contributed by atoms with van der Waals surface area (Å²) in [6.07, 6.45) is 0. The van der Waals surface area contributed by atoms with Crippen molar-refractivity contribution in [3.63, 3.8) is 0 Å². The molecule has 0 aliphatic carbocycles. The molecule has 0 bridgehead atoms. The minimum Gasteiger partial charge on any atom is -0.311 e. The first-order valence-corrected chi connectivity index (χ1v) is 34.3. The summed E-state index contributed by atoms with van der Waals surface area (Å²) in [6, 6.07) is 126. The monoisotopic (exact) mass is 1290 g/mol. The molecule has 18 aromatic rings. The molecule has 2 aliphatic heterocycles. The van der Waals surface area contributed by atoms with Crippen LogP contribution in [-0.4, -0.2) is 40.8 Å². The molecule has 0 unspecified atom stereocenters. The molecule has 0 atom stereocenters. The van der Waals surface area contributed by atoms with Crippen molar-refractivity contribution in [1.82, 2.24) is 34.1 Å². The summed E-state index contributed by atoms with van der Waals surface area (Å²) in [5, 5.41) is 4.63. The fourth-order valence-corrected chi connectivity index (χ4v) is 15.7. The Labute approximate surface area is 583 Å². The van der Waals surface area contributed by atoms with Crippen LogP contribution in [0.15, 0.2) is 352 Å². The molecule has 0 fully saturated rings. The summed E-state index contributed by atoms with van der Waals surface area (Å²) in [6.45, 7) is -0.0304. The van der Waals surface area contributed by atoms with Gasteiger partial charge in [-0.25, -0.2) is 24.9 Å². The third-order valence-electron chi connectivity index (χ3n) is 20.2. The lowest BCUT2D eigenvalue weighted by molar-refractivity contribution is 1.07. The molecule has 0 spiro atoms. The summed E-state index contributed by atoms with van der Waals surface area (Å²) in [4.78, 5) is 32.1. The number of aromatic nitrogens is 7. The molecule has 0 N–H and O–H groups in total. The predicted octanol–water partition coefficient (Wildman–Crippen LogP) is 20.6. The van der Waals surface area contributed by atoms with Gasteiger partial charge in [0.25, 0.3) is 6.71 Å². The molecule has 6 heterocycles. The Hall–Kier alpha value is -13.6. The summed E-state index contributed by atoms with van der Waals surface area (Å²) in [5.74, 6) is 2.21. The zero-order chi connectivity index (χ0) is 66.5. The van der Waals surface area contributed by atoms with Crippen molar-refractivity contribution >= 4 is 101 Å². The number of hydrogen-bond donors (Lipinski definition) is 0. The molecule has 14 aromatic carbocycles. The molecule has 0 saturated carbocycles. The minimum absolute atomic E-state index is 0.0304. The van der Waals surface area contributed by atoms with Crippen molar-refractivity contribution in [1.29, 1.82) is 0 Å². The van der Waals surface area contributed by atoms with Crippen LogP contribution >= 0.6 is 0 Å². The molecule has 9 nitrogen and oxygen atoms in total. The Morgan fingerprint density at radius 2 is 0.653 bits per heavy atom. The summed E-state index contributed by atoms with van der Waals surface area (Å²) >= 11 is 0. The van der Waals surface area contributed by atoms with Crippen molar-refractivity contribution in [2.75, 3.05) is 9.80 Å². The summed E-state index contributed by atoms with van der Waals surface area (Å²) < 4.78 is 4.80. The third kappa shape index (κ3) is 9.52. The van der Waals surface area contributed by atoms with Crippen molar-refractivity contribution in [2.24, 2.45) is 0 Å². The number of fused-ring (bicyclic) bond motifs is 10. The molecule has 10 heteroatoms. The first-order chi connectivity index (χ1) is 50.1. The molecule has 0 radical (unpaired) electrons. The van der Waals surface area contributed by atoms with Crippen LogP contribution in [0.5, 0.6) is 0 Å². The largest absolute Gasteiger partial charge is 0.311 e. The minimum atomic E-state index is -0.0304. The van der Waals surface area contributed by atoms with E-state index in [1.807, 2.05) is 60.7 Å². The van der Waals surface area contributed by atoms with Gasteiger partial charge in [0.15, 0.2) is 23.3 Å². The number of hydrogen-bond acceptors (Lipinski definition) is 7. The smallest absolute Gasteiger partial charge is 0.252 e. The van der Waals surface area contributed by atoms with Gasteiger partial charge < -0.3 is 18.9 Å². The van der Waals surface area contributed by atoms with Gasteiger partial charge in [0.2, 0.25) is 0 Å². The lowest BCUT2D eigenvalue weighted by atomic mass is 9.33. The predicted molar refractivity (Wildman–Crippen MR) is 416 cm³/mol. The van der Waals surface area contributed by atoms with E-state index in [2.05, 4.69) is 310 Å². The van der Waals surface area contributed by atoms with Crippen LogP contribution in [0, 0.1) is 0 Å². The first-order valence-electron chi connectivity index (χ1n) is 34.3. The highest BCUT2D eigenvalue weighted by Gasteiger charge is 2.44. The Balaban J connectivity index is 0.812. The second kappa shape index (κ2) is 23.6. The van der Waals surface area contributed by atoms with E-state index in [9.17, 15) is 0 Å². The third-order valence-corrected chi connectivity index (χ3v) is 20.2. The second-order valence-electron chi connectivity index (χ2n) is 25.9. The van der Waals surface area contributed by atoms with Gasteiger partial charge in [-0.2, -0.15) is 0 Å². The van der Waals surface area contributed by atoms with Gasteiger partial charge >= 0.3 is 0 Å². The number of benzene rings is 14. The highest BCUT2D eigenvalue weighted by atomic mass is 15.2. The van der Waals surface area contributed by atoms with Crippen molar-refractivity contribution in [3.05, 3.63) is 352 Å². The van der Waals surface area contributed by atoms with Crippen molar-refractivity contribution < 1.29 is 0 Å². The number of anilines is 6. The second-order valence-corrected chi connectivity index (χ2v) is 25.9. The fraction of sp³-hybridized carbons (Fsp3) is 0. The van der Waals surface area contributed by atoms with Gasteiger partial charge in [-0.15, -0.1) is 0 Å². The first kappa shape index (κ1) is 57.7. The fourth-order valence-electron chi connectivity index (χ4n) is 15.7. The van der Waals surface area contributed by atoms with Crippen molar-refractivity contribution in [3.8, 4) is 90.6 Å². The number of para-hydroxylation sites is 7. The number of nitrogens with zero attached hydrogens (tertiary/aromatic N) is 9. The Morgan fingerprint density at radius 1 is 0.228 bits per heavy atom. The number of rotatable bonds is 11. The highest BCUT2D eigenvalue weighted by Crippen LogP contribution is 2.49. The molecule has 20 rings (SSSR count). The van der Waals surface area contributed by atoms with Gasteiger partial charge in [0, 0.05) is 94.6 Å². The maximum atomic E-state index is 5.78. The van der Waals surface area contributed by atoms with Crippen LogP contribution in [0.3, 0.4) is 0 Å². The van der Waals surface area contributed by atoms with Gasteiger partial charge in [0.1, 0.15) is 0 Å². The standard InChI is InChI=1S/C91H58BN9/c1-7-27-60(28-8-1)76-57-77(61-49-47-59(48-50-61)68-52-54-83-86-87(68)100(67-37-17-6-18-38-67)82-46-26-22-42-75(82)92(86)74-41-21-25-45-81(74)99(83)66-35-15-5-16-36-66)94-91(93-76)73-55-64(90-96-88(62-29-9-2-10-30-62)95-89(97-90)63-31-11-3-12-32-63)51-53-80(73)101-79-44-24-20-40-70(79)72-56-71-69-39-19-23-43-78(69)98(84(71)58-85(72)101)65-33-13-4-14-34-65/h1-58H. The zero-order valence-electron chi connectivity index (χ0n) is 54.6. The quantitative estimate of drug-likeness (QED) is 0.119. The normalized spacial score (nSPS) is 12.3. The molecule has 0 saturated heterocycles. The molecule has 470 valence electrons. The van der Waals surface area contributed by atoms with Gasteiger partial charge in [-0.3, -0.25) is 0 Å². The maximum absolute atomic E-state index is 5.78. The average molecular weight is 1290 g/mol. The van der Waals surface area contributed by atoms with E-state index in [1.165, 1.54) is 32.8 Å². The van der Waals surface area contributed by atoms with E-state index >= 15 is 0 Å². The summed E-state index contributed by atoms with van der Waals surface area (Å²) in [5.41, 5.74) is 26.0. The van der Waals surface area contributed by atoms with E-state index in [-0.39, 0.29) is 6.71 Å². The average Bonchev–Trinajstić information content (AvgIpc) is 1.38. The Bertz CT molecular complexity index is 6200. The van der Waals surface area contributed by atoms with Crippen LogP contribution in [0.1, 0.15) is 0 Å². The zero-order valence-corrected chi connectivity index (χ0v) is 54.6. The van der Waals surface area contributed by atoms with Crippen LogP contribution in [0.25, 0.3) is 134 Å². The van der Waals surface area contributed by atoms with Gasteiger partial charge in [-0.1, -0.05) is 249 Å². The van der Waals surface area contributed by atoms with Crippen LogP contribution < -0.4 is 26.2 Å². The van der Waals surface area contributed by atoms with E-state index in [0.29, 0.717) is 23.3 Å². The van der Waals surface area contributed by atoms with Crippen LogP contribution in [0.2, 0.25) is 0 Å². The van der Waals surface area contributed by atoms with E-state index < -0.39 is 0 Å². The van der Waals surface area contributed by atoms with Crippen LogP contribution in [0.4, 0.5) is 34.1 Å². The molecular formula is C91H58BN9. The molecule has 4 aromatic heterocycles. The van der Waals surface area contributed by atoms with Crippen molar-refractivity contribution in [2.45, 2.75) is 0 Å². The van der Waals surface area contributed by atoms with E-state index in [0.717, 1.165) is 129 Å². The molecule has 2 aliphatic rings. The highest BCUT2D eigenvalue weighted by molar-refractivity contribution is 7.00. The van der Waals surface area contributed by atoms with Gasteiger partial charge in [-0.05, 0) is 125 Å². The van der Waals surface area contributed by atoms with Crippen LogP contribution in [-0.2, 0) is 0 Å². The Kier molecular flexibility index (Phi) is 13.5. The van der Waals surface area contributed by atoms with E-state index in [4.69, 9.17) is 24.9 Å². The molecule has 0 amide bonds. The lowest BCUT2D eigenvalue weighted by Gasteiger charge is -2.45. The Morgan fingerprint density at radius 3 is 1.24 bits per heavy atom. The SMILES string of the molecule is c1ccc(-c2cc(-c3ccc(-c4ccc5c6c4N(c4ccccc4)c4ccccc4B6c4ccccc4N5c4ccccc4)cc3)nc(-c3cc(-c4nc(-c5ccccc5)nc(-c5ccccc5)n4)ccc3-n3c4ccccc4c4cc5c6ccccc6n(-c6ccccc6)c5cc43)n2)cc1. The topological polar surface area (TPSA) is 80.8 Å². The maximum Gasteiger partial charge on any atom is 0.252 e. The van der Waals surface area contributed by atoms with Gasteiger partial charge in [0.05, 0.1) is 44.8 Å².